The number of carbonyl (C=O) groups excluding carboxylic acids is 1. The minimum absolute atomic E-state index is 0.0328. The van der Waals surface area contributed by atoms with Crippen LogP contribution >= 0.6 is 0 Å². The van der Waals surface area contributed by atoms with E-state index in [0.29, 0.717) is 6.42 Å². The largest absolute Gasteiger partial charge is 0.300 e. The number of benzene rings is 2. The predicted molar refractivity (Wildman–Crippen MR) is 87.6 cm³/mol. The molecule has 0 aliphatic carbocycles. The summed E-state index contributed by atoms with van der Waals surface area (Å²) >= 11 is 0. The van der Waals surface area contributed by atoms with E-state index in [1.54, 1.807) is 24.3 Å². The van der Waals surface area contributed by atoms with E-state index in [9.17, 15) is 13.2 Å². The first-order valence-electron chi connectivity index (χ1n) is 7.23. The predicted octanol–water partition coefficient (Wildman–Crippen LogP) is 3.36. The van der Waals surface area contributed by atoms with Gasteiger partial charge in [0.25, 0.3) is 0 Å². The molecule has 0 aliphatic heterocycles. The summed E-state index contributed by atoms with van der Waals surface area (Å²) in [6.45, 7) is 3.34. The number of rotatable bonds is 6. The number of carbonyl (C=O) groups is 1. The topological polar surface area (TPSA) is 51.2 Å². The molecule has 0 amide bonds. The Kier molecular flexibility index (Phi) is 5.14. The van der Waals surface area contributed by atoms with Crippen molar-refractivity contribution in [2.75, 3.05) is 0 Å². The summed E-state index contributed by atoms with van der Waals surface area (Å²) in [7, 11) is -3.53. The molecule has 116 valence electrons. The van der Waals surface area contributed by atoms with E-state index in [0.717, 1.165) is 11.1 Å². The highest BCUT2D eigenvalue weighted by molar-refractivity contribution is 7.92. The van der Waals surface area contributed by atoms with Crippen molar-refractivity contribution in [1.82, 2.24) is 0 Å². The maximum Gasteiger partial charge on any atom is 0.181 e. The fraction of sp³-hybridized carbons (Fsp3) is 0.278. The minimum atomic E-state index is -3.53. The second-order valence-corrected chi connectivity index (χ2v) is 7.80. The Hall–Kier alpha value is -1.94. The molecule has 0 spiro atoms. The molecule has 1 atom stereocenters. The SMILES string of the molecule is CC(=O)CC(Cc1ccccc1)S(=O)(=O)c1ccc(C)cc1. The molecule has 3 nitrogen and oxygen atoms in total. The molecule has 0 heterocycles. The van der Waals surface area contributed by atoms with Crippen molar-refractivity contribution >= 4 is 15.6 Å². The third kappa shape index (κ3) is 4.04. The molecule has 2 aromatic rings. The second kappa shape index (κ2) is 6.88. The highest BCUT2D eigenvalue weighted by atomic mass is 32.2. The average molecular weight is 316 g/mol. The van der Waals surface area contributed by atoms with Crippen LogP contribution in [0.5, 0.6) is 0 Å². The van der Waals surface area contributed by atoms with Gasteiger partial charge in [0.15, 0.2) is 9.84 Å². The van der Waals surface area contributed by atoms with E-state index in [-0.39, 0.29) is 17.1 Å². The Balaban J connectivity index is 2.35. The molecule has 0 bridgehead atoms. The molecule has 2 rings (SSSR count). The van der Waals surface area contributed by atoms with Crippen LogP contribution in [0.2, 0.25) is 0 Å². The molecule has 2 aromatic carbocycles. The van der Waals surface area contributed by atoms with Crippen molar-refractivity contribution < 1.29 is 13.2 Å². The average Bonchev–Trinajstić information content (AvgIpc) is 2.47. The lowest BCUT2D eigenvalue weighted by molar-refractivity contribution is -0.117. The molecule has 0 saturated carbocycles. The molecular weight excluding hydrogens is 296 g/mol. The normalized spacial score (nSPS) is 12.8. The zero-order valence-corrected chi connectivity index (χ0v) is 13.6. The van der Waals surface area contributed by atoms with Crippen molar-refractivity contribution in [2.45, 2.75) is 36.8 Å². The molecule has 0 N–H and O–H groups in total. The van der Waals surface area contributed by atoms with Gasteiger partial charge in [-0.3, -0.25) is 4.79 Å². The Morgan fingerprint density at radius 3 is 2.14 bits per heavy atom. The van der Waals surface area contributed by atoms with Gasteiger partial charge in [-0.25, -0.2) is 8.42 Å². The van der Waals surface area contributed by atoms with E-state index in [1.165, 1.54) is 6.92 Å². The van der Waals surface area contributed by atoms with Gasteiger partial charge in [-0.2, -0.15) is 0 Å². The van der Waals surface area contributed by atoms with Crippen molar-refractivity contribution in [3.8, 4) is 0 Å². The van der Waals surface area contributed by atoms with Gasteiger partial charge in [0, 0.05) is 6.42 Å². The lowest BCUT2D eigenvalue weighted by Gasteiger charge is -2.17. The zero-order valence-electron chi connectivity index (χ0n) is 12.8. The Bertz CT molecular complexity index is 732. The van der Waals surface area contributed by atoms with E-state index in [1.807, 2.05) is 37.3 Å². The van der Waals surface area contributed by atoms with Crippen LogP contribution in [0.3, 0.4) is 0 Å². The van der Waals surface area contributed by atoms with Crippen molar-refractivity contribution in [3.63, 3.8) is 0 Å². The summed E-state index contributed by atoms with van der Waals surface area (Å²) in [5, 5.41) is -0.727. The summed E-state index contributed by atoms with van der Waals surface area (Å²) in [6, 6.07) is 16.2. The van der Waals surface area contributed by atoms with Crippen LogP contribution in [0.25, 0.3) is 0 Å². The summed E-state index contributed by atoms with van der Waals surface area (Å²) in [4.78, 5) is 11.8. The van der Waals surface area contributed by atoms with E-state index < -0.39 is 15.1 Å². The molecule has 0 aromatic heterocycles. The molecule has 0 saturated heterocycles. The quantitative estimate of drug-likeness (QED) is 0.821. The van der Waals surface area contributed by atoms with Crippen LogP contribution in [0.4, 0.5) is 0 Å². The number of Topliss-reactive ketones (excluding diaryl/α,β-unsaturated/α-hetero) is 1. The summed E-state index contributed by atoms with van der Waals surface area (Å²) < 4.78 is 25.7. The van der Waals surface area contributed by atoms with Crippen molar-refractivity contribution in [3.05, 3.63) is 65.7 Å². The molecule has 0 aliphatic rings. The van der Waals surface area contributed by atoms with Gasteiger partial charge in [0.2, 0.25) is 0 Å². The lowest BCUT2D eigenvalue weighted by atomic mass is 10.1. The van der Waals surface area contributed by atoms with Crippen LogP contribution < -0.4 is 0 Å². The molecule has 0 radical (unpaired) electrons. The molecule has 0 fully saturated rings. The van der Waals surface area contributed by atoms with Gasteiger partial charge in [-0.15, -0.1) is 0 Å². The number of ketones is 1. The minimum Gasteiger partial charge on any atom is -0.300 e. The number of aryl methyl sites for hydroxylation is 1. The van der Waals surface area contributed by atoms with Crippen LogP contribution in [-0.4, -0.2) is 19.5 Å². The first kappa shape index (κ1) is 16.4. The first-order chi connectivity index (χ1) is 10.4. The van der Waals surface area contributed by atoms with Gasteiger partial charge >= 0.3 is 0 Å². The molecule has 1 unspecified atom stereocenters. The Labute approximate surface area is 131 Å². The molecule has 4 heteroatoms. The zero-order chi connectivity index (χ0) is 16.2. The van der Waals surface area contributed by atoms with Crippen LogP contribution in [0, 0.1) is 6.92 Å². The fourth-order valence-electron chi connectivity index (χ4n) is 2.41. The van der Waals surface area contributed by atoms with Gasteiger partial charge in [-0.1, -0.05) is 48.0 Å². The number of hydrogen-bond acceptors (Lipinski definition) is 3. The summed E-state index contributed by atoms with van der Waals surface area (Å²) in [5.74, 6) is -0.114. The third-order valence-electron chi connectivity index (χ3n) is 3.61. The van der Waals surface area contributed by atoms with Crippen LogP contribution in [0.1, 0.15) is 24.5 Å². The number of sulfone groups is 1. The van der Waals surface area contributed by atoms with Gasteiger partial charge < -0.3 is 0 Å². The first-order valence-corrected chi connectivity index (χ1v) is 8.78. The summed E-state index contributed by atoms with van der Waals surface area (Å²) in [6.07, 6.45) is 0.377. The van der Waals surface area contributed by atoms with Gasteiger partial charge in [0.1, 0.15) is 5.78 Å². The van der Waals surface area contributed by atoms with E-state index in [4.69, 9.17) is 0 Å². The van der Waals surface area contributed by atoms with Gasteiger partial charge in [-0.05, 0) is 38.0 Å². The van der Waals surface area contributed by atoms with Gasteiger partial charge in [0.05, 0.1) is 10.1 Å². The van der Waals surface area contributed by atoms with Crippen LogP contribution in [0.15, 0.2) is 59.5 Å². The second-order valence-electron chi connectivity index (χ2n) is 5.58. The highest BCUT2D eigenvalue weighted by Gasteiger charge is 2.28. The smallest absolute Gasteiger partial charge is 0.181 e. The molecular formula is C18H20O3S. The standard InChI is InChI=1S/C18H20O3S/c1-14-8-10-17(11-9-14)22(20,21)18(12-15(2)19)13-16-6-4-3-5-7-16/h3-11,18H,12-13H2,1-2H3. The number of hydrogen-bond donors (Lipinski definition) is 0. The Morgan fingerprint density at radius 1 is 1.00 bits per heavy atom. The summed E-state index contributed by atoms with van der Waals surface area (Å²) in [5.41, 5.74) is 1.93. The van der Waals surface area contributed by atoms with E-state index >= 15 is 0 Å². The fourth-order valence-corrected chi connectivity index (χ4v) is 4.18. The maximum absolute atomic E-state index is 12.8. The lowest BCUT2D eigenvalue weighted by Crippen LogP contribution is -2.26. The maximum atomic E-state index is 12.8. The van der Waals surface area contributed by atoms with E-state index in [2.05, 4.69) is 0 Å². The Morgan fingerprint density at radius 2 is 1.59 bits per heavy atom. The molecule has 22 heavy (non-hydrogen) atoms. The van der Waals surface area contributed by atoms with Crippen LogP contribution in [-0.2, 0) is 21.1 Å². The van der Waals surface area contributed by atoms with Crippen molar-refractivity contribution in [1.29, 1.82) is 0 Å². The monoisotopic (exact) mass is 316 g/mol. The van der Waals surface area contributed by atoms with Crippen molar-refractivity contribution in [2.24, 2.45) is 0 Å². The third-order valence-corrected chi connectivity index (χ3v) is 5.75. The highest BCUT2D eigenvalue weighted by Crippen LogP contribution is 2.22.